The number of halogens is 1. The molecule has 2 aromatic rings. The van der Waals surface area contributed by atoms with Crippen LogP contribution in [-0.4, -0.2) is 33.4 Å². The van der Waals surface area contributed by atoms with Crippen molar-refractivity contribution in [1.82, 2.24) is 5.32 Å². The number of piperazine rings is 1. The molecule has 27 heavy (non-hydrogen) atoms. The Morgan fingerprint density at radius 3 is 2.63 bits per heavy atom. The highest BCUT2D eigenvalue weighted by Crippen LogP contribution is 2.22. The smallest absolute Gasteiger partial charge is 0.194 e. The lowest BCUT2D eigenvalue weighted by Gasteiger charge is -2.36. The molecule has 1 saturated heterocycles. The standard InChI is InChI=1S/C21H21FN2O2S/c22-19-10-12-20(13-11-19)24-15-14-23-17-21(24)27(25,26)16-6-2-5-9-18-7-3-1-4-8-18/h1,3-4,6-8,10-13,16,21,23H,9,14-15,17H2/b16-6-. The van der Waals surface area contributed by atoms with Gasteiger partial charge in [0.25, 0.3) is 0 Å². The summed E-state index contributed by atoms with van der Waals surface area (Å²) < 4.78 is 38.7. The summed E-state index contributed by atoms with van der Waals surface area (Å²) in [6.45, 7) is 1.51. The number of hydrogen-bond donors (Lipinski definition) is 1. The summed E-state index contributed by atoms with van der Waals surface area (Å²) in [6.07, 6.45) is 1.95. The molecule has 1 atom stereocenters. The molecular formula is C21H21FN2O2S. The van der Waals surface area contributed by atoms with E-state index in [1.807, 2.05) is 30.3 Å². The molecule has 0 aliphatic carbocycles. The van der Waals surface area contributed by atoms with E-state index < -0.39 is 15.2 Å². The number of allylic oxidation sites excluding steroid dienone is 1. The lowest BCUT2D eigenvalue weighted by atomic mass is 10.2. The first-order valence-corrected chi connectivity index (χ1v) is 10.3. The van der Waals surface area contributed by atoms with Crippen LogP contribution >= 0.6 is 0 Å². The van der Waals surface area contributed by atoms with Gasteiger partial charge in [-0.25, -0.2) is 12.8 Å². The van der Waals surface area contributed by atoms with Crippen LogP contribution in [0.2, 0.25) is 0 Å². The summed E-state index contributed by atoms with van der Waals surface area (Å²) in [5.74, 6) is 5.40. The van der Waals surface area contributed by atoms with E-state index in [0.717, 1.165) is 5.56 Å². The van der Waals surface area contributed by atoms with Crippen LogP contribution in [-0.2, 0) is 16.3 Å². The molecule has 1 aliphatic heterocycles. The van der Waals surface area contributed by atoms with Gasteiger partial charge in [-0.2, -0.15) is 0 Å². The van der Waals surface area contributed by atoms with Gasteiger partial charge in [-0.1, -0.05) is 42.2 Å². The van der Waals surface area contributed by atoms with Crippen LogP contribution in [0.4, 0.5) is 10.1 Å². The van der Waals surface area contributed by atoms with Crippen molar-refractivity contribution < 1.29 is 12.8 Å². The van der Waals surface area contributed by atoms with Gasteiger partial charge in [-0.05, 0) is 35.9 Å². The zero-order valence-corrected chi connectivity index (χ0v) is 15.6. The number of benzene rings is 2. The summed E-state index contributed by atoms with van der Waals surface area (Å²) in [4.78, 5) is 1.78. The summed E-state index contributed by atoms with van der Waals surface area (Å²) in [6, 6.07) is 15.7. The number of rotatable bonds is 4. The van der Waals surface area contributed by atoms with E-state index in [2.05, 4.69) is 17.2 Å². The van der Waals surface area contributed by atoms with Crippen LogP contribution in [0.5, 0.6) is 0 Å². The largest absolute Gasteiger partial charge is 0.352 e. The average Bonchev–Trinajstić information content (AvgIpc) is 2.69. The first-order chi connectivity index (χ1) is 13.1. The van der Waals surface area contributed by atoms with Crippen molar-refractivity contribution in [3.63, 3.8) is 0 Å². The SMILES string of the molecule is O=S(=O)(/C=C\C#CCc1ccccc1)C1CNCCN1c1ccc(F)cc1. The third-order valence-corrected chi connectivity index (χ3v) is 6.01. The molecule has 1 aliphatic rings. The summed E-state index contributed by atoms with van der Waals surface area (Å²) >= 11 is 0. The van der Waals surface area contributed by atoms with Gasteiger partial charge in [0.2, 0.25) is 0 Å². The zero-order valence-electron chi connectivity index (χ0n) is 14.8. The highest BCUT2D eigenvalue weighted by Gasteiger charge is 2.32. The third kappa shape index (κ3) is 5.19. The number of hydrogen-bond acceptors (Lipinski definition) is 4. The van der Waals surface area contributed by atoms with Gasteiger partial charge < -0.3 is 10.2 Å². The van der Waals surface area contributed by atoms with Crippen molar-refractivity contribution in [2.45, 2.75) is 11.8 Å². The Hall–Kier alpha value is -2.62. The fraction of sp³-hybridized carbons (Fsp3) is 0.238. The van der Waals surface area contributed by atoms with Crippen molar-refractivity contribution in [1.29, 1.82) is 0 Å². The van der Waals surface area contributed by atoms with Crippen LogP contribution in [0, 0.1) is 17.7 Å². The molecule has 0 aromatic heterocycles. The highest BCUT2D eigenvalue weighted by molar-refractivity contribution is 7.95. The van der Waals surface area contributed by atoms with Crippen molar-refractivity contribution in [3.05, 3.63) is 77.5 Å². The van der Waals surface area contributed by atoms with Gasteiger partial charge in [0.1, 0.15) is 11.2 Å². The number of anilines is 1. The van der Waals surface area contributed by atoms with Gasteiger partial charge in [0.15, 0.2) is 9.84 Å². The van der Waals surface area contributed by atoms with Crippen LogP contribution in [0.3, 0.4) is 0 Å². The molecule has 1 fully saturated rings. The van der Waals surface area contributed by atoms with E-state index >= 15 is 0 Å². The number of sulfone groups is 1. The van der Waals surface area contributed by atoms with E-state index in [9.17, 15) is 12.8 Å². The normalized spacial score (nSPS) is 17.5. The Bertz CT molecular complexity index is 945. The molecule has 6 heteroatoms. The molecule has 0 amide bonds. The van der Waals surface area contributed by atoms with Crippen LogP contribution < -0.4 is 10.2 Å². The molecule has 1 heterocycles. The first-order valence-electron chi connectivity index (χ1n) is 8.72. The lowest BCUT2D eigenvalue weighted by Crippen LogP contribution is -2.54. The summed E-state index contributed by atoms with van der Waals surface area (Å²) in [5.41, 5.74) is 1.77. The van der Waals surface area contributed by atoms with Crippen LogP contribution in [0.1, 0.15) is 5.56 Å². The Balaban J connectivity index is 1.71. The van der Waals surface area contributed by atoms with Crippen molar-refractivity contribution >= 4 is 15.5 Å². The zero-order chi connectivity index (χ0) is 19.1. The molecule has 0 saturated carbocycles. The summed E-state index contributed by atoms with van der Waals surface area (Å²) in [5, 5.41) is 3.53. The maximum Gasteiger partial charge on any atom is 0.194 e. The van der Waals surface area contributed by atoms with Crippen molar-refractivity contribution in [2.24, 2.45) is 0 Å². The Labute approximate surface area is 159 Å². The van der Waals surface area contributed by atoms with Gasteiger partial charge in [0.05, 0.1) is 0 Å². The van der Waals surface area contributed by atoms with E-state index in [4.69, 9.17) is 0 Å². The van der Waals surface area contributed by atoms with Crippen LogP contribution in [0.25, 0.3) is 0 Å². The highest BCUT2D eigenvalue weighted by atomic mass is 32.2. The summed E-state index contributed by atoms with van der Waals surface area (Å²) in [7, 11) is -3.55. The fourth-order valence-corrected chi connectivity index (χ4v) is 4.30. The Morgan fingerprint density at radius 1 is 1.15 bits per heavy atom. The van der Waals surface area contributed by atoms with Crippen molar-refractivity contribution in [2.75, 3.05) is 24.5 Å². The minimum Gasteiger partial charge on any atom is -0.352 e. The second-order valence-electron chi connectivity index (χ2n) is 6.20. The third-order valence-electron chi connectivity index (χ3n) is 4.31. The molecule has 1 unspecified atom stereocenters. The van der Waals surface area contributed by atoms with E-state index in [0.29, 0.717) is 31.7 Å². The van der Waals surface area contributed by atoms with E-state index in [1.54, 1.807) is 17.0 Å². The Kier molecular flexibility index (Phi) is 6.28. The quantitative estimate of drug-likeness (QED) is 0.824. The molecule has 0 spiro atoms. The molecule has 4 nitrogen and oxygen atoms in total. The first kappa shape index (κ1) is 19.2. The number of nitrogens with zero attached hydrogens (tertiary/aromatic N) is 1. The van der Waals surface area contributed by atoms with E-state index in [-0.39, 0.29) is 5.82 Å². The average molecular weight is 384 g/mol. The van der Waals surface area contributed by atoms with E-state index in [1.165, 1.54) is 23.6 Å². The lowest BCUT2D eigenvalue weighted by molar-refractivity contribution is 0.523. The second kappa shape index (κ2) is 8.85. The minimum absolute atomic E-state index is 0.307. The maximum atomic E-state index is 13.2. The minimum atomic E-state index is -3.55. The molecule has 0 radical (unpaired) electrons. The molecule has 1 N–H and O–H groups in total. The van der Waals surface area contributed by atoms with Gasteiger partial charge in [-0.15, -0.1) is 0 Å². The fourth-order valence-electron chi connectivity index (χ4n) is 2.93. The maximum absolute atomic E-state index is 13.2. The molecular weight excluding hydrogens is 363 g/mol. The molecule has 140 valence electrons. The van der Waals surface area contributed by atoms with Gasteiger partial charge in [0, 0.05) is 37.2 Å². The predicted octanol–water partition coefficient (Wildman–Crippen LogP) is 2.74. The molecule has 2 aromatic carbocycles. The van der Waals surface area contributed by atoms with Crippen molar-refractivity contribution in [3.8, 4) is 11.8 Å². The topological polar surface area (TPSA) is 49.4 Å². The van der Waals surface area contributed by atoms with Gasteiger partial charge in [-0.3, -0.25) is 0 Å². The Morgan fingerprint density at radius 2 is 1.89 bits per heavy atom. The molecule has 0 bridgehead atoms. The monoisotopic (exact) mass is 384 g/mol. The number of nitrogens with one attached hydrogen (secondary N) is 1. The predicted molar refractivity (Wildman–Crippen MR) is 106 cm³/mol. The second-order valence-corrected chi connectivity index (χ2v) is 8.20. The van der Waals surface area contributed by atoms with Gasteiger partial charge >= 0.3 is 0 Å². The molecule has 3 rings (SSSR count). The van der Waals surface area contributed by atoms with Crippen LogP contribution in [0.15, 0.2) is 66.1 Å².